The van der Waals surface area contributed by atoms with Gasteiger partial charge in [0, 0.05) is 4.47 Å². The van der Waals surface area contributed by atoms with Gasteiger partial charge in [0.25, 0.3) is 0 Å². The van der Waals surface area contributed by atoms with Crippen LogP contribution >= 0.6 is 15.9 Å². The second kappa shape index (κ2) is 9.99. The second-order valence-electron chi connectivity index (χ2n) is 6.39. The van der Waals surface area contributed by atoms with E-state index in [9.17, 15) is 17.6 Å². The maximum Gasteiger partial charge on any atom is 0.241 e. The summed E-state index contributed by atoms with van der Waals surface area (Å²) in [5.41, 5.74) is 0. The zero-order chi connectivity index (χ0) is 20.7. The highest BCUT2D eigenvalue weighted by molar-refractivity contribution is 9.10. The molecule has 0 aliphatic rings. The minimum atomic E-state index is -3.84. The molecule has 6 nitrogen and oxygen atoms in total. The summed E-state index contributed by atoms with van der Waals surface area (Å²) in [5, 5.41) is 2.66. The van der Waals surface area contributed by atoms with Gasteiger partial charge in [0.05, 0.1) is 11.4 Å². The van der Waals surface area contributed by atoms with Gasteiger partial charge in [-0.25, -0.2) is 12.8 Å². The van der Waals surface area contributed by atoms with Crippen LogP contribution in [0.4, 0.5) is 4.39 Å². The zero-order valence-corrected chi connectivity index (χ0v) is 17.9. The van der Waals surface area contributed by atoms with Crippen LogP contribution in [0.5, 0.6) is 5.75 Å². The predicted molar refractivity (Wildman–Crippen MR) is 108 cm³/mol. The van der Waals surface area contributed by atoms with Crippen molar-refractivity contribution in [2.75, 3.05) is 13.2 Å². The van der Waals surface area contributed by atoms with Crippen LogP contribution in [0.2, 0.25) is 0 Å². The van der Waals surface area contributed by atoms with Crippen molar-refractivity contribution in [3.63, 3.8) is 0 Å². The molecule has 0 aromatic heterocycles. The summed E-state index contributed by atoms with van der Waals surface area (Å²) >= 11 is 3.26. The van der Waals surface area contributed by atoms with Gasteiger partial charge >= 0.3 is 0 Å². The quantitative estimate of drug-likeness (QED) is 0.549. The first-order chi connectivity index (χ1) is 13.2. The molecule has 0 saturated carbocycles. The fourth-order valence-electron chi connectivity index (χ4n) is 2.33. The molecule has 0 fully saturated rings. The number of carbonyl (C=O) groups is 1. The van der Waals surface area contributed by atoms with Crippen LogP contribution in [0.15, 0.2) is 57.9 Å². The van der Waals surface area contributed by atoms with Crippen LogP contribution in [0.3, 0.4) is 0 Å². The number of rotatable bonds is 9. The predicted octanol–water partition coefficient (Wildman–Crippen LogP) is 3.09. The molecular weight excluding hydrogens is 451 g/mol. The SMILES string of the molecule is CC(C)[C@H](NS(=O)(=O)c1ccc(Br)cc1)C(=O)NCCOc1ccc(F)cc1. The van der Waals surface area contributed by atoms with Crippen molar-refractivity contribution in [3.05, 3.63) is 58.8 Å². The first-order valence-corrected chi connectivity index (χ1v) is 10.9. The van der Waals surface area contributed by atoms with E-state index in [1.807, 2.05) is 0 Å². The number of ether oxygens (including phenoxy) is 1. The molecule has 9 heteroatoms. The summed E-state index contributed by atoms with van der Waals surface area (Å²) in [5.74, 6) is -0.591. The Hall–Kier alpha value is -1.97. The smallest absolute Gasteiger partial charge is 0.241 e. The van der Waals surface area contributed by atoms with Gasteiger partial charge in [-0.05, 0) is 54.4 Å². The highest BCUT2D eigenvalue weighted by Gasteiger charge is 2.28. The summed E-state index contributed by atoms with van der Waals surface area (Å²) in [6, 6.07) is 10.7. The van der Waals surface area contributed by atoms with E-state index in [1.54, 1.807) is 26.0 Å². The van der Waals surface area contributed by atoms with Crippen LogP contribution in [0.1, 0.15) is 13.8 Å². The van der Waals surface area contributed by atoms with Crippen LogP contribution in [0.25, 0.3) is 0 Å². The van der Waals surface area contributed by atoms with E-state index in [1.165, 1.54) is 36.4 Å². The van der Waals surface area contributed by atoms with Gasteiger partial charge in [-0.15, -0.1) is 0 Å². The lowest BCUT2D eigenvalue weighted by molar-refractivity contribution is -0.123. The van der Waals surface area contributed by atoms with E-state index < -0.39 is 22.0 Å². The van der Waals surface area contributed by atoms with Crippen molar-refractivity contribution in [2.45, 2.75) is 24.8 Å². The monoisotopic (exact) mass is 472 g/mol. The molecule has 0 aliphatic heterocycles. The summed E-state index contributed by atoms with van der Waals surface area (Å²) in [6.07, 6.45) is 0. The molecule has 2 aromatic carbocycles. The van der Waals surface area contributed by atoms with Gasteiger partial charge in [0.1, 0.15) is 24.2 Å². The van der Waals surface area contributed by atoms with E-state index in [-0.39, 0.29) is 29.8 Å². The van der Waals surface area contributed by atoms with Crippen molar-refractivity contribution in [2.24, 2.45) is 5.92 Å². The average Bonchev–Trinajstić information content (AvgIpc) is 2.64. The minimum Gasteiger partial charge on any atom is -0.492 e. The van der Waals surface area contributed by atoms with Gasteiger partial charge in [-0.2, -0.15) is 4.72 Å². The van der Waals surface area contributed by atoms with Crippen molar-refractivity contribution in [3.8, 4) is 5.75 Å². The highest BCUT2D eigenvalue weighted by atomic mass is 79.9. The molecule has 0 heterocycles. The lowest BCUT2D eigenvalue weighted by Crippen LogP contribution is -2.50. The number of hydrogen-bond donors (Lipinski definition) is 2. The number of nitrogens with one attached hydrogen (secondary N) is 2. The Bertz CT molecular complexity index is 887. The maximum atomic E-state index is 12.9. The van der Waals surface area contributed by atoms with Crippen LogP contribution in [-0.4, -0.2) is 33.5 Å². The first-order valence-electron chi connectivity index (χ1n) is 8.63. The van der Waals surface area contributed by atoms with Crippen molar-refractivity contribution in [1.29, 1.82) is 0 Å². The molecule has 152 valence electrons. The Labute approximate surface area is 172 Å². The molecule has 1 amide bonds. The number of benzene rings is 2. The van der Waals surface area contributed by atoms with E-state index in [0.29, 0.717) is 5.75 Å². The van der Waals surface area contributed by atoms with Crippen molar-refractivity contribution in [1.82, 2.24) is 10.0 Å². The van der Waals surface area contributed by atoms with Gasteiger partial charge in [-0.1, -0.05) is 29.8 Å². The number of hydrogen-bond acceptors (Lipinski definition) is 4. The summed E-state index contributed by atoms with van der Waals surface area (Å²) in [7, 11) is -3.84. The zero-order valence-electron chi connectivity index (χ0n) is 15.5. The molecule has 1 atom stereocenters. The molecule has 2 N–H and O–H groups in total. The Morgan fingerprint density at radius 2 is 1.71 bits per heavy atom. The largest absolute Gasteiger partial charge is 0.492 e. The lowest BCUT2D eigenvalue weighted by Gasteiger charge is -2.21. The fourth-order valence-corrected chi connectivity index (χ4v) is 3.93. The molecule has 0 unspecified atom stereocenters. The van der Waals surface area contributed by atoms with Gasteiger partial charge in [0.15, 0.2) is 0 Å². The summed E-state index contributed by atoms with van der Waals surface area (Å²) < 4.78 is 46.6. The molecule has 0 radical (unpaired) electrons. The van der Waals surface area contributed by atoms with Gasteiger partial charge in [0.2, 0.25) is 15.9 Å². The second-order valence-corrected chi connectivity index (χ2v) is 9.02. The Morgan fingerprint density at radius 1 is 1.11 bits per heavy atom. The molecular formula is C19H22BrFN2O4S. The number of amides is 1. The minimum absolute atomic E-state index is 0.0776. The Balaban J connectivity index is 1.92. The van der Waals surface area contributed by atoms with Crippen molar-refractivity contribution < 1.29 is 22.3 Å². The lowest BCUT2D eigenvalue weighted by atomic mass is 10.1. The number of halogens is 2. The third kappa shape index (κ3) is 6.57. The molecule has 2 rings (SSSR count). The number of carbonyl (C=O) groups excluding carboxylic acids is 1. The third-order valence-electron chi connectivity index (χ3n) is 3.84. The molecule has 0 aliphatic carbocycles. The van der Waals surface area contributed by atoms with Crippen LogP contribution < -0.4 is 14.8 Å². The third-order valence-corrected chi connectivity index (χ3v) is 5.82. The first kappa shape index (κ1) is 22.3. The van der Waals surface area contributed by atoms with E-state index in [0.717, 1.165) is 4.47 Å². The molecule has 0 bridgehead atoms. The molecule has 0 spiro atoms. The molecule has 2 aromatic rings. The van der Waals surface area contributed by atoms with Crippen molar-refractivity contribution >= 4 is 31.9 Å². The average molecular weight is 473 g/mol. The summed E-state index contributed by atoms with van der Waals surface area (Å²) in [4.78, 5) is 12.5. The van der Waals surface area contributed by atoms with Gasteiger partial charge in [-0.3, -0.25) is 4.79 Å². The normalized spacial score (nSPS) is 12.6. The van der Waals surface area contributed by atoms with Crippen LogP contribution in [-0.2, 0) is 14.8 Å². The van der Waals surface area contributed by atoms with E-state index >= 15 is 0 Å². The van der Waals surface area contributed by atoms with E-state index in [4.69, 9.17) is 4.74 Å². The molecule has 0 saturated heterocycles. The highest BCUT2D eigenvalue weighted by Crippen LogP contribution is 2.16. The number of sulfonamides is 1. The maximum absolute atomic E-state index is 12.9. The fraction of sp³-hybridized carbons (Fsp3) is 0.316. The topological polar surface area (TPSA) is 84.5 Å². The summed E-state index contributed by atoms with van der Waals surface area (Å²) in [6.45, 7) is 3.85. The Morgan fingerprint density at radius 3 is 2.29 bits per heavy atom. The van der Waals surface area contributed by atoms with Crippen LogP contribution in [0, 0.1) is 11.7 Å². The van der Waals surface area contributed by atoms with E-state index in [2.05, 4.69) is 26.0 Å². The van der Waals surface area contributed by atoms with Gasteiger partial charge < -0.3 is 10.1 Å². The standard InChI is InChI=1S/C19H22BrFN2O4S/c1-13(2)18(23-28(25,26)17-9-3-14(20)4-10-17)19(24)22-11-12-27-16-7-5-15(21)6-8-16/h3-10,13,18,23H,11-12H2,1-2H3,(H,22,24)/t18-/m0/s1. The molecule has 28 heavy (non-hydrogen) atoms. The Kier molecular flexibility index (Phi) is 7.97.